The molecule has 0 bridgehead atoms. The van der Waals surface area contributed by atoms with Gasteiger partial charge in [-0.25, -0.2) is 9.59 Å². The number of ether oxygens (including phenoxy) is 2. The summed E-state index contributed by atoms with van der Waals surface area (Å²) in [5.74, 6) is -0.778. The van der Waals surface area contributed by atoms with Crippen LogP contribution in [0.2, 0.25) is 0 Å². The van der Waals surface area contributed by atoms with Crippen LogP contribution in [0.1, 0.15) is 11.1 Å². The quantitative estimate of drug-likeness (QED) is 0.291. The maximum Gasteiger partial charge on any atom is 0.330 e. The Balaban J connectivity index is 1.89. The van der Waals surface area contributed by atoms with E-state index in [1.165, 1.54) is 26.4 Å². The van der Waals surface area contributed by atoms with Gasteiger partial charge in [0.05, 0.1) is 14.2 Å². The smallest absolute Gasteiger partial charge is 0.330 e. The summed E-state index contributed by atoms with van der Waals surface area (Å²) in [4.78, 5) is 23.1. The third-order valence-corrected chi connectivity index (χ3v) is 5.41. The molecule has 4 aromatic carbocycles. The molecule has 0 N–H and O–H groups in total. The third kappa shape index (κ3) is 4.16. The summed E-state index contributed by atoms with van der Waals surface area (Å²) in [6, 6.07) is 24.4. The SMILES string of the molecule is COC(=O)/C=C/c1ccc(-c2ccc(/C=C/C(=O)OC)c3ccccc23)c2ccccc12. The van der Waals surface area contributed by atoms with Gasteiger partial charge in [-0.05, 0) is 56.0 Å². The monoisotopic (exact) mass is 422 g/mol. The highest BCUT2D eigenvalue weighted by atomic mass is 16.5. The summed E-state index contributed by atoms with van der Waals surface area (Å²) in [6.07, 6.45) is 6.41. The Morgan fingerprint density at radius 3 is 1.31 bits per heavy atom. The van der Waals surface area contributed by atoms with E-state index in [9.17, 15) is 9.59 Å². The standard InChI is InChI=1S/C28H22O4/c1-31-27(29)17-13-19-11-15-25(23-9-5-3-7-21(19)23)26-16-12-20(14-18-28(30)32-2)22-8-4-6-10-24(22)26/h3-18H,1-2H3/b17-13+,18-14+. The van der Waals surface area contributed by atoms with Crippen LogP contribution in [-0.4, -0.2) is 26.2 Å². The molecule has 0 aliphatic rings. The van der Waals surface area contributed by atoms with Gasteiger partial charge in [-0.1, -0.05) is 72.8 Å². The van der Waals surface area contributed by atoms with Gasteiger partial charge in [0.1, 0.15) is 0 Å². The number of carbonyl (C=O) groups excluding carboxylic acids is 2. The van der Waals surface area contributed by atoms with E-state index in [1.54, 1.807) is 12.2 Å². The zero-order valence-corrected chi connectivity index (χ0v) is 17.9. The van der Waals surface area contributed by atoms with Gasteiger partial charge >= 0.3 is 11.9 Å². The number of methoxy groups -OCH3 is 2. The van der Waals surface area contributed by atoms with Crippen LogP contribution in [-0.2, 0) is 19.1 Å². The Morgan fingerprint density at radius 2 is 0.938 bits per heavy atom. The van der Waals surface area contributed by atoms with Crippen LogP contribution in [0.4, 0.5) is 0 Å². The van der Waals surface area contributed by atoms with Crippen molar-refractivity contribution in [1.82, 2.24) is 0 Å². The average Bonchev–Trinajstić information content (AvgIpc) is 2.85. The van der Waals surface area contributed by atoms with Gasteiger partial charge < -0.3 is 9.47 Å². The summed E-state index contributed by atoms with van der Waals surface area (Å²) in [5.41, 5.74) is 4.07. The molecular weight excluding hydrogens is 400 g/mol. The van der Waals surface area contributed by atoms with E-state index in [0.717, 1.165) is 43.8 Å². The largest absolute Gasteiger partial charge is 0.466 e. The van der Waals surface area contributed by atoms with Crippen molar-refractivity contribution in [2.24, 2.45) is 0 Å². The minimum absolute atomic E-state index is 0.389. The summed E-state index contributed by atoms with van der Waals surface area (Å²) in [5, 5.41) is 4.26. The molecule has 0 unspecified atom stereocenters. The molecule has 0 spiro atoms. The zero-order chi connectivity index (χ0) is 22.5. The molecule has 0 saturated heterocycles. The molecular formula is C28H22O4. The number of fused-ring (bicyclic) bond motifs is 2. The first-order chi connectivity index (χ1) is 15.6. The lowest BCUT2D eigenvalue weighted by Crippen LogP contribution is -1.94. The van der Waals surface area contributed by atoms with Crippen LogP contribution in [0.15, 0.2) is 84.9 Å². The van der Waals surface area contributed by atoms with E-state index < -0.39 is 0 Å². The van der Waals surface area contributed by atoms with Crippen molar-refractivity contribution in [3.8, 4) is 11.1 Å². The first-order valence-electron chi connectivity index (χ1n) is 10.2. The molecule has 4 rings (SSSR count). The van der Waals surface area contributed by atoms with Crippen molar-refractivity contribution in [1.29, 1.82) is 0 Å². The minimum Gasteiger partial charge on any atom is -0.466 e. The molecule has 0 aliphatic carbocycles. The number of hydrogen-bond donors (Lipinski definition) is 0. The molecule has 0 radical (unpaired) electrons. The number of esters is 2. The molecule has 4 aromatic rings. The molecule has 4 heteroatoms. The van der Waals surface area contributed by atoms with Crippen molar-refractivity contribution in [2.75, 3.05) is 14.2 Å². The van der Waals surface area contributed by atoms with Gasteiger partial charge in [0, 0.05) is 12.2 Å². The van der Waals surface area contributed by atoms with Crippen molar-refractivity contribution < 1.29 is 19.1 Å². The number of benzene rings is 4. The lowest BCUT2D eigenvalue weighted by atomic mass is 9.90. The fourth-order valence-electron chi connectivity index (χ4n) is 3.86. The molecule has 0 aliphatic heterocycles. The molecule has 32 heavy (non-hydrogen) atoms. The van der Waals surface area contributed by atoms with E-state index in [0.29, 0.717) is 0 Å². The van der Waals surface area contributed by atoms with E-state index in [1.807, 2.05) is 48.5 Å². The minimum atomic E-state index is -0.389. The highest BCUT2D eigenvalue weighted by Crippen LogP contribution is 2.37. The van der Waals surface area contributed by atoms with E-state index in [2.05, 4.69) is 24.3 Å². The number of hydrogen-bond acceptors (Lipinski definition) is 4. The van der Waals surface area contributed by atoms with Crippen LogP contribution in [0.25, 0.3) is 44.8 Å². The first kappa shape index (κ1) is 21.1. The maximum atomic E-state index is 11.6. The summed E-state index contributed by atoms with van der Waals surface area (Å²) in [6.45, 7) is 0. The highest BCUT2D eigenvalue weighted by Gasteiger charge is 2.11. The summed E-state index contributed by atoms with van der Waals surface area (Å²) in [7, 11) is 2.73. The van der Waals surface area contributed by atoms with Gasteiger partial charge in [0.2, 0.25) is 0 Å². The molecule has 4 nitrogen and oxygen atoms in total. The van der Waals surface area contributed by atoms with Crippen LogP contribution >= 0.6 is 0 Å². The lowest BCUT2D eigenvalue weighted by Gasteiger charge is -2.13. The average molecular weight is 422 g/mol. The van der Waals surface area contributed by atoms with Crippen molar-refractivity contribution in [2.45, 2.75) is 0 Å². The second-order valence-electron chi connectivity index (χ2n) is 7.21. The van der Waals surface area contributed by atoms with E-state index in [-0.39, 0.29) is 11.9 Å². The van der Waals surface area contributed by atoms with Gasteiger partial charge in [-0.3, -0.25) is 0 Å². The number of rotatable bonds is 5. The Kier molecular flexibility index (Phi) is 6.13. The van der Waals surface area contributed by atoms with Crippen LogP contribution in [0.3, 0.4) is 0 Å². The molecule has 0 amide bonds. The number of carbonyl (C=O) groups is 2. The summed E-state index contributed by atoms with van der Waals surface area (Å²) >= 11 is 0. The topological polar surface area (TPSA) is 52.6 Å². The van der Waals surface area contributed by atoms with Gasteiger partial charge in [0.25, 0.3) is 0 Å². The van der Waals surface area contributed by atoms with Gasteiger partial charge in [-0.15, -0.1) is 0 Å². The molecule has 0 atom stereocenters. The fraction of sp³-hybridized carbons (Fsp3) is 0.0714. The Bertz CT molecular complexity index is 1270. The molecule has 0 fully saturated rings. The predicted octanol–water partition coefficient (Wildman–Crippen LogP) is 6.03. The Morgan fingerprint density at radius 1 is 0.562 bits per heavy atom. The van der Waals surface area contributed by atoms with Crippen molar-refractivity contribution in [3.63, 3.8) is 0 Å². The second-order valence-corrected chi connectivity index (χ2v) is 7.21. The van der Waals surface area contributed by atoms with E-state index >= 15 is 0 Å². The molecule has 0 heterocycles. The van der Waals surface area contributed by atoms with Crippen molar-refractivity contribution >= 4 is 45.6 Å². The Hall–Kier alpha value is -4.18. The summed E-state index contributed by atoms with van der Waals surface area (Å²) < 4.78 is 9.44. The van der Waals surface area contributed by atoms with Crippen molar-refractivity contribution in [3.05, 3.63) is 96.1 Å². The zero-order valence-electron chi connectivity index (χ0n) is 17.9. The maximum absolute atomic E-state index is 11.6. The van der Waals surface area contributed by atoms with Crippen LogP contribution in [0, 0.1) is 0 Å². The van der Waals surface area contributed by atoms with Crippen LogP contribution in [0.5, 0.6) is 0 Å². The van der Waals surface area contributed by atoms with Gasteiger partial charge in [-0.2, -0.15) is 0 Å². The Labute approximate surface area is 186 Å². The van der Waals surface area contributed by atoms with Gasteiger partial charge in [0.15, 0.2) is 0 Å². The predicted molar refractivity (Wildman–Crippen MR) is 129 cm³/mol. The van der Waals surface area contributed by atoms with Crippen LogP contribution < -0.4 is 0 Å². The highest BCUT2D eigenvalue weighted by molar-refractivity contribution is 6.09. The molecule has 158 valence electrons. The lowest BCUT2D eigenvalue weighted by molar-refractivity contribution is -0.135. The molecule has 0 saturated carbocycles. The third-order valence-electron chi connectivity index (χ3n) is 5.41. The second kappa shape index (κ2) is 9.31. The first-order valence-corrected chi connectivity index (χ1v) is 10.2. The van der Waals surface area contributed by atoms with E-state index in [4.69, 9.17) is 9.47 Å². The fourth-order valence-corrected chi connectivity index (χ4v) is 3.86. The normalized spacial score (nSPS) is 11.4. The molecule has 0 aromatic heterocycles.